The molecule has 1 unspecified atom stereocenters. The summed E-state index contributed by atoms with van der Waals surface area (Å²) in [5, 5.41) is 8.75. The van der Waals surface area contributed by atoms with E-state index in [4.69, 9.17) is 0 Å². The van der Waals surface area contributed by atoms with E-state index in [9.17, 15) is 9.59 Å². The van der Waals surface area contributed by atoms with Gasteiger partial charge in [-0.05, 0) is 49.7 Å². The highest BCUT2D eigenvalue weighted by atomic mass is 16.2. The van der Waals surface area contributed by atoms with Crippen LogP contribution in [0.4, 0.5) is 17.1 Å². The fourth-order valence-corrected chi connectivity index (χ4v) is 2.12. The first-order valence-electron chi connectivity index (χ1n) is 7.46. The van der Waals surface area contributed by atoms with E-state index in [1.807, 2.05) is 43.3 Å². The number of rotatable bonds is 5. The quantitative estimate of drug-likeness (QED) is 0.792. The Morgan fingerprint density at radius 1 is 0.913 bits per heavy atom. The Hall–Kier alpha value is -2.82. The number of anilines is 3. The maximum Gasteiger partial charge on any atom is 0.246 e. The van der Waals surface area contributed by atoms with Gasteiger partial charge in [-0.3, -0.25) is 9.59 Å². The minimum absolute atomic E-state index is 0.106. The third kappa shape index (κ3) is 4.85. The van der Waals surface area contributed by atoms with Crippen LogP contribution in [0.15, 0.2) is 48.5 Å². The molecule has 0 aliphatic carbocycles. The van der Waals surface area contributed by atoms with Gasteiger partial charge in [0.2, 0.25) is 11.8 Å². The van der Waals surface area contributed by atoms with E-state index < -0.39 is 0 Å². The molecular weight excluding hydrogens is 290 g/mol. The summed E-state index contributed by atoms with van der Waals surface area (Å²) in [6.45, 7) is 5.22. The van der Waals surface area contributed by atoms with Crippen LogP contribution in [0.25, 0.3) is 0 Å². The maximum absolute atomic E-state index is 12.3. The molecule has 0 aliphatic heterocycles. The van der Waals surface area contributed by atoms with Crippen LogP contribution in [0.2, 0.25) is 0 Å². The van der Waals surface area contributed by atoms with E-state index in [-0.39, 0.29) is 17.9 Å². The van der Waals surface area contributed by atoms with E-state index in [0.29, 0.717) is 0 Å². The van der Waals surface area contributed by atoms with E-state index in [0.717, 1.165) is 22.6 Å². The molecule has 0 radical (unpaired) electrons. The van der Waals surface area contributed by atoms with Gasteiger partial charge in [-0.25, -0.2) is 0 Å². The molecule has 120 valence electrons. The van der Waals surface area contributed by atoms with Crippen molar-refractivity contribution < 1.29 is 9.59 Å². The first kappa shape index (κ1) is 16.5. The van der Waals surface area contributed by atoms with E-state index >= 15 is 0 Å². The molecule has 23 heavy (non-hydrogen) atoms. The van der Waals surface area contributed by atoms with Gasteiger partial charge in [0, 0.05) is 24.0 Å². The zero-order valence-corrected chi connectivity index (χ0v) is 13.5. The average molecular weight is 311 g/mol. The number of carbonyl (C=O) groups is 2. The Bertz CT molecular complexity index is 696. The third-order valence-corrected chi connectivity index (χ3v) is 3.38. The largest absolute Gasteiger partial charge is 0.374 e. The minimum atomic E-state index is -0.388. The van der Waals surface area contributed by atoms with Crippen molar-refractivity contribution in [1.82, 2.24) is 0 Å². The Morgan fingerprint density at radius 3 is 2.13 bits per heavy atom. The smallest absolute Gasteiger partial charge is 0.246 e. The van der Waals surface area contributed by atoms with E-state index in [2.05, 4.69) is 16.0 Å². The number of carbonyl (C=O) groups excluding carboxylic acids is 2. The van der Waals surface area contributed by atoms with Crippen molar-refractivity contribution in [2.75, 3.05) is 16.0 Å². The molecule has 5 nitrogen and oxygen atoms in total. The number of para-hydroxylation sites is 1. The molecular formula is C18H21N3O2. The molecule has 0 saturated carbocycles. The van der Waals surface area contributed by atoms with E-state index in [1.54, 1.807) is 19.1 Å². The van der Waals surface area contributed by atoms with Crippen LogP contribution < -0.4 is 16.0 Å². The number of aryl methyl sites for hydroxylation is 1. The Morgan fingerprint density at radius 2 is 1.52 bits per heavy atom. The van der Waals surface area contributed by atoms with Gasteiger partial charge >= 0.3 is 0 Å². The second kappa shape index (κ2) is 7.45. The van der Waals surface area contributed by atoms with Gasteiger partial charge in [-0.15, -0.1) is 0 Å². The summed E-state index contributed by atoms with van der Waals surface area (Å²) in [5.41, 5.74) is 3.37. The van der Waals surface area contributed by atoms with Crippen LogP contribution in [-0.4, -0.2) is 17.9 Å². The lowest BCUT2D eigenvalue weighted by Crippen LogP contribution is -2.32. The first-order chi connectivity index (χ1) is 11.0. The van der Waals surface area contributed by atoms with Gasteiger partial charge < -0.3 is 16.0 Å². The van der Waals surface area contributed by atoms with Crippen molar-refractivity contribution in [3.8, 4) is 0 Å². The number of hydrogen-bond acceptors (Lipinski definition) is 3. The lowest BCUT2D eigenvalue weighted by atomic mass is 10.2. The highest BCUT2D eigenvalue weighted by Gasteiger charge is 2.13. The van der Waals surface area contributed by atoms with Gasteiger partial charge in [0.25, 0.3) is 0 Å². The molecule has 3 N–H and O–H groups in total. The molecule has 2 aromatic rings. The monoisotopic (exact) mass is 311 g/mol. The van der Waals surface area contributed by atoms with Crippen molar-refractivity contribution in [2.24, 2.45) is 0 Å². The summed E-state index contributed by atoms with van der Waals surface area (Å²) in [7, 11) is 0. The zero-order valence-electron chi connectivity index (χ0n) is 13.5. The summed E-state index contributed by atoms with van der Waals surface area (Å²) in [6.07, 6.45) is 0. The van der Waals surface area contributed by atoms with Crippen molar-refractivity contribution in [3.05, 3.63) is 54.1 Å². The van der Waals surface area contributed by atoms with Crippen LogP contribution >= 0.6 is 0 Å². The van der Waals surface area contributed by atoms with Gasteiger partial charge in [-0.1, -0.05) is 18.2 Å². The van der Waals surface area contributed by atoms with Gasteiger partial charge in [-0.2, -0.15) is 0 Å². The molecule has 0 saturated heterocycles. The molecule has 2 amide bonds. The number of hydrogen-bond donors (Lipinski definition) is 3. The Balaban J connectivity index is 1.95. The van der Waals surface area contributed by atoms with Crippen molar-refractivity contribution >= 4 is 28.9 Å². The summed E-state index contributed by atoms with van der Waals surface area (Å²) in [6, 6.07) is 14.5. The maximum atomic E-state index is 12.3. The summed E-state index contributed by atoms with van der Waals surface area (Å²) < 4.78 is 0. The van der Waals surface area contributed by atoms with E-state index in [1.165, 1.54) is 6.92 Å². The summed E-state index contributed by atoms with van der Waals surface area (Å²) in [4.78, 5) is 23.2. The summed E-state index contributed by atoms with van der Waals surface area (Å²) in [5.74, 6) is -0.220. The van der Waals surface area contributed by atoms with Crippen LogP contribution in [0.3, 0.4) is 0 Å². The van der Waals surface area contributed by atoms with Gasteiger partial charge in [0.1, 0.15) is 6.04 Å². The summed E-state index contributed by atoms with van der Waals surface area (Å²) >= 11 is 0. The molecule has 1 atom stereocenters. The molecule has 0 aromatic heterocycles. The molecule has 0 fully saturated rings. The highest BCUT2D eigenvalue weighted by molar-refractivity contribution is 5.96. The van der Waals surface area contributed by atoms with Crippen molar-refractivity contribution in [1.29, 1.82) is 0 Å². The second-order valence-corrected chi connectivity index (χ2v) is 5.43. The molecule has 2 rings (SSSR count). The van der Waals surface area contributed by atoms with Gasteiger partial charge in [0.05, 0.1) is 0 Å². The lowest BCUT2D eigenvalue weighted by Gasteiger charge is -2.16. The molecule has 0 aliphatic rings. The minimum Gasteiger partial charge on any atom is -0.374 e. The van der Waals surface area contributed by atoms with Crippen LogP contribution in [-0.2, 0) is 9.59 Å². The van der Waals surface area contributed by atoms with Crippen LogP contribution in [0.5, 0.6) is 0 Å². The zero-order chi connectivity index (χ0) is 16.8. The third-order valence-electron chi connectivity index (χ3n) is 3.38. The van der Waals surface area contributed by atoms with Crippen LogP contribution in [0.1, 0.15) is 19.4 Å². The normalized spacial score (nSPS) is 11.4. The second-order valence-electron chi connectivity index (χ2n) is 5.43. The predicted molar refractivity (Wildman–Crippen MR) is 93.6 cm³/mol. The van der Waals surface area contributed by atoms with Gasteiger partial charge in [0.15, 0.2) is 0 Å². The SMILES string of the molecule is CC(=O)Nc1ccc(NC(C)C(=O)Nc2ccccc2C)cc1. The average Bonchev–Trinajstić information content (AvgIpc) is 2.51. The highest BCUT2D eigenvalue weighted by Crippen LogP contribution is 2.16. The number of nitrogens with one attached hydrogen (secondary N) is 3. The first-order valence-corrected chi connectivity index (χ1v) is 7.46. The molecule has 0 heterocycles. The molecule has 0 spiro atoms. The molecule has 5 heteroatoms. The predicted octanol–water partition coefficient (Wildman–Crippen LogP) is 3.39. The lowest BCUT2D eigenvalue weighted by molar-refractivity contribution is -0.116. The fourth-order valence-electron chi connectivity index (χ4n) is 2.12. The topological polar surface area (TPSA) is 70.2 Å². The number of benzene rings is 2. The standard InChI is InChI=1S/C18H21N3O2/c1-12-6-4-5-7-17(12)21-18(23)13(2)19-15-8-10-16(11-9-15)20-14(3)22/h4-11,13,19H,1-3H3,(H,20,22)(H,21,23). The fraction of sp³-hybridized carbons (Fsp3) is 0.222. The molecule has 0 bridgehead atoms. The van der Waals surface area contributed by atoms with Crippen molar-refractivity contribution in [3.63, 3.8) is 0 Å². The molecule has 2 aromatic carbocycles. The van der Waals surface area contributed by atoms with Crippen LogP contribution in [0, 0.1) is 6.92 Å². The Labute approximate surface area is 136 Å². The number of amides is 2. The van der Waals surface area contributed by atoms with Crippen molar-refractivity contribution in [2.45, 2.75) is 26.8 Å². The Kier molecular flexibility index (Phi) is 5.36.